The van der Waals surface area contributed by atoms with Crippen molar-refractivity contribution in [1.82, 2.24) is 5.32 Å². The lowest BCUT2D eigenvalue weighted by Gasteiger charge is -2.15. The van der Waals surface area contributed by atoms with Gasteiger partial charge in [0.05, 0.1) is 12.7 Å². The fourth-order valence-electron chi connectivity index (χ4n) is 1.66. The highest BCUT2D eigenvalue weighted by Crippen LogP contribution is 2.17. The van der Waals surface area contributed by atoms with Gasteiger partial charge in [-0.15, -0.1) is 11.3 Å². The van der Waals surface area contributed by atoms with E-state index in [2.05, 4.69) is 43.6 Å². The summed E-state index contributed by atoms with van der Waals surface area (Å²) in [5.74, 6) is 0. The molecule has 0 aliphatic carbocycles. The molecular formula is C13H23NOS. The average Bonchev–Trinajstić information content (AvgIpc) is 2.78. The minimum Gasteiger partial charge on any atom is -0.377 e. The zero-order valence-electron chi connectivity index (χ0n) is 10.5. The van der Waals surface area contributed by atoms with Gasteiger partial charge in [0, 0.05) is 17.5 Å². The Bertz CT molecular complexity index is 261. The molecule has 1 aromatic heterocycles. The van der Waals surface area contributed by atoms with E-state index in [1.54, 1.807) is 11.3 Å². The first-order valence-corrected chi connectivity index (χ1v) is 7.00. The number of hydrogen-bond donors (Lipinski definition) is 1. The molecule has 0 bridgehead atoms. The van der Waals surface area contributed by atoms with E-state index in [4.69, 9.17) is 4.74 Å². The molecular weight excluding hydrogens is 218 g/mol. The lowest BCUT2D eigenvalue weighted by atomic mass is 10.2. The molecule has 92 valence electrons. The van der Waals surface area contributed by atoms with Crippen molar-refractivity contribution in [2.45, 2.75) is 45.8 Å². The molecule has 0 spiro atoms. The van der Waals surface area contributed by atoms with E-state index in [1.165, 1.54) is 11.3 Å². The van der Waals surface area contributed by atoms with E-state index >= 15 is 0 Å². The van der Waals surface area contributed by atoms with Crippen LogP contribution in [-0.2, 0) is 4.74 Å². The second kappa shape index (κ2) is 7.82. The van der Waals surface area contributed by atoms with Gasteiger partial charge in [-0.1, -0.05) is 19.4 Å². The molecule has 2 nitrogen and oxygen atoms in total. The van der Waals surface area contributed by atoms with Gasteiger partial charge in [-0.25, -0.2) is 0 Å². The third-order valence-corrected chi connectivity index (χ3v) is 3.68. The number of ether oxygens (including phenoxy) is 1. The molecule has 0 aliphatic rings. The second-order valence-corrected chi connectivity index (χ2v) is 5.14. The van der Waals surface area contributed by atoms with Crippen molar-refractivity contribution in [3.63, 3.8) is 0 Å². The summed E-state index contributed by atoms with van der Waals surface area (Å²) in [6, 6.07) is 4.70. The molecule has 1 rings (SSSR count). The molecule has 1 heterocycles. The van der Waals surface area contributed by atoms with Crippen LogP contribution in [0.4, 0.5) is 0 Å². The zero-order valence-corrected chi connectivity index (χ0v) is 11.3. The topological polar surface area (TPSA) is 21.3 Å². The molecule has 1 N–H and O–H groups in total. The molecule has 0 radical (unpaired) electrons. The van der Waals surface area contributed by atoms with Crippen LogP contribution in [-0.4, -0.2) is 19.3 Å². The molecule has 0 saturated heterocycles. The Hall–Kier alpha value is -0.380. The minimum atomic E-state index is 0.392. The van der Waals surface area contributed by atoms with E-state index in [1.807, 2.05) is 0 Å². The summed E-state index contributed by atoms with van der Waals surface area (Å²) in [7, 11) is 0. The Balaban J connectivity index is 2.07. The summed E-state index contributed by atoms with van der Waals surface area (Å²) in [6.45, 7) is 8.26. The van der Waals surface area contributed by atoms with Crippen LogP contribution >= 0.6 is 11.3 Å². The first-order valence-electron chi connectivity index (χ1n) is 6.12. The van der Waals surface area contributed by atoms with Crippen molar-refractivity contribution in [3.8, 4) is 0 Å². The van der Waals surface area contributed by atoms with Crippen LogP contribution in [0.1, 0.15) is 44.5 Å². The monoisotopic (exact) mass is 241 g/mol. The van der Waals surface area contributed by atoms with Gasteiger partial charge in [0.15, 0.2) is 0 Å². The van der Waals surface area contributed by atoms with Crippen molar-refractivity contribution < 1.29 is 4.74 Å². The fourth-order valence-corrected chi connectivity index (χ4v) is 2.42. The number of hydrogen-bond acceptors (Lipinski definition) is 3. The largest absolute Gasteiger partial charge is 0.377 e. The number of rotatable bonds is 8. The van der Waals surface area contributed by atoms with E-state index in [0.717, 1.165) is 19.6 Å². The molecule has 16 heavy (non-hydrogen) atoms. The third-order valence-electron chi connectivity index (χ3n) is 2.62. The predicted molar refractivity (Wildman–Crippen MR) is 71.1 cm³/mol. The summed E-state index contributed by atoms with van der Waals surface area (Å²) in [4.78, 5) is 1.39. The number of nitrogens with one attached hydrogen (secondary N) is 1. The van der Waals surface area contributed by atoms with Crippen LogP contribution in [0.15, 0.2) is 17.5 Å². The van der Waals surface area contributed by atoms with Crippen LogP contribution in [0, 0.1) is 0 Å². The molecule has 0 aromatic carbocycles. The van der Waals surface area contributed by atoms with Crippen LogP contribution in [0.25, 0.3) is 0 Å². The lowest BCUT2D eigenvalue weighted by Crippen LogP contribution is -2.24. The quantitative estimate of drug-likeness (QED) is 0.702. The Kier molecular flexibility index (Phi) is 6.69. The molecule has 0 saturated carbocycles. The summed E-state index contributed by atoms with van der Waals surface area (Å²) in [5.41, 5.74) is 0. The maximum atomic E-state index is 5.69. The van der Waals surface area contributed by atoms with Crippen molar-refractivity contribution in [3.05, 3.63) is 22.4 Å². The third kappa shape index (κ3) is 5.10. The van der Waals surface area contributed by atoms with Gasteiger partial charge in [-0.3, -0.25) is 0 Å². The van der Waals surface area contributed by atoms with Gasteiger partial charge in [0.25, 0.3) is 0 Å². The highest BCUT2D eigenvalue weighted by atomic mass is 32.1. The minimum absolute atomic E-state index is 0.392. The Labute approximate surface area is 103 Å². The summed E-state index contributed by atoms with van der Waals surface area (Å²) < 4.78 is 5.69. The molecule has 2 atom stereocenters. The van der Waals surface area contributed by atoms with Crippen LogP contribution in [0.2, 0.25) is 0 Å². The van der Waals surface area contributed by atoms with E-state index in [-0.39, 0.29) is 0 Å². The fraction of sp³-hybridized carbons (Fsp3) is 0.692. The average molecular weight is 241 g/mol. The zero-order chi connectivity index (χ0) is 11.8. The van der Waals surface area contributed by atoms with Gasteiger partial charge in [-0.2, -0.15) is 0 Å². The maximum absolute atomic E-state index is 5.69. The van der Waals surface area contributed by atoms with Crippen molar-refractivity contribution in [2.75, 3.05) is 13.2 Å². The van der Waals surface area contributed by atoms with Crippen LogP contribution in [0.5, 0.6) is 0 Å². The SMILES string of the molecule is CCCC(C)OCCNC(C)c1cccs1. The van der Waals surface area contributed by atoms with Gasteiger partial charge in [0.1, 0.15) is 0 Å². The highest BCUT2D eigenvalue weighted by molar-refractivity contribution is 7.10. The van der Waals surface area contributed by atoms with E-state index in [0.29, 0.717) is 12.1 Å². The molecule has 1 aromatic rings. The van der Waals surface area contributed by atoms with E-state index in [9.17, 15) is 0 Å². The number of thiophene rings is 1. The molecule has 0 amide bonds. The predicted octanol–water partition coefficient (Wildman–Crippen LogP) is 3.60. The molecule has 0 fully saturated rings. The lowest BCUT2D eigenvalue weighted by molar-refractivity contribution is 0.0608. The molecule has 2 unspecified atom stereocenters. The molecule has 0 aliphatic heterocycles. The standard InChI is InChI=1S/C13H23NOS/c1-4-6-11(2)15-9-8-14-12(3)13-7-5-10-16-13/h5,7,10-12,14H,4,6,8-9H2,1-3H3. The normalized spacial score (nSPS) is 14.9. The first kappa shape index (κ1) is 13.7. The van der Waals surface area contributed by atoms with Gasteiger partial charge in [-0.05, 0) is 31.7 Å². The van der Waals surface area contributed by atoms with Gasteiger partial charge >= 0.3 is 0 Å². The van der Waals surface area contributed by atoms with Crippen molar-refractivity contribution >= 4 is 11.3 Å². The van der Waals surface area contributed by atoms with Gasteiger partial charge in [0.2, 0.25) is 0 Å². The summed E-state index contributed by atoms with van der Waals surface area (Å²) in [5, 5.41) is 5.59. The first-order chi connectivity index (χ1) is 7.74. The van der Waals surface area contributed by atoms with Crippen LogP contribution < -0.4 is 5.32 Å². The van der Waals surface area contributed by atoms with Gasteiger partial charge < -0.3 is 10.1 Å². The van der Waals surface area contributed by atoms with E-state index < -0.39 is 0 Å². The summed E-state index contributed by atoms with van der Waals surface area (Å²) >= 11 is 1.80. The summed E-state index contributed by atoms with van der Waals surface area (Å²) in [6.07, 6.45) is 2.74. The van der Waals surface area contributed by atoms with Crippen LogP contribution in [0.3, 0.4) is 0 Å². The maximum Gasteiger partial charge on any atom is 0.0594 e. The smallest absolute Gasteiger partial charge is 0.0594 e. The highest BCUT2D eigenvalue weighted by Gasteiger charge is 2.05. The Morgan fingerprint density at radius 1 is 1.44 bits per heavy atom. The second-order valence-electron chi connectivity index (χ2n) is 4.16. The Morgan fingerprint density at radius 2 is 2.25 bits per heavy atom. The van der Waals surface area contributed by atoms with Crippen molar-refractivity contribution in [1.29, 1.82) is 0 Å². The van der Waals surface area contributed by atoms with Crippen molar-refractivity contribution in [2.24, 2.45) is 0 Å². The Morgan fingerprint density at radius 3 is 2.88 bits per heavy atom. The molecule has 3 heteroatoms.